The summed E-state index contributed by atoms with van der Waals surface area (Å²) >= 11 is 0. The van der Waals surface area contributed by atoms with Gasteiger partial charge in [-0.2, -0.15) is 26.3 Å². The highest BCUT2D eigenvalue weighted by Crippen LogP contribution is 2.37. The van der Waals surface area contributed by atoms with Gasteiger partial charge in [0.25, 0.3) is 0 Å². The van der Waals surface area contributed by atoms with Crippen molar-refractivity contribution >= 4 is 11.4 Å². The van der Waals surface area contributed by atoms with Gasteiger partial charge in [-0.3, -0.25) is 9.78 Å². The van der Waals surface area contributed by atoms with E-state index < -0.39 is 35.2 Å². The van der Waals surface area contributed by atoms with Crippen LogP contribution in [0.25, 0.3) is 5.57 Å². The van der Waals surface area contributed by atoms with Crippen LogP contribution in [-0.4, -0.2) is 16.9 Å². The van der Waals surface area contributed by atoms with Gasteiger partial charge in [-0.1, -0.05) is 6.92 Å². The predicted molar refractivity (Wildman–Crippen MR) is 65.5 cm³/mol. The lowest BCUT2D eigenvalue weighted by Gasteiger charge is -2.21. The summed E-state index contributed by atoms with van der Waals surface area (Å²) in [5.74, 6) is -1.83. The van der Waals surface area contributed by atoms with Gasteiger partial charge in [0.05, 0.1) is 16.8 Å². The van der Waals surface area contributed by atoms with E-state index in [0.29, 0.717) is 24.3 Å². The highest BCUT2D eigenvalue weighted by Gasteiger charge is 2.38. The molecule has 1 atom stereocenters. The van der Waals surface area contributed by atoms with Crippen LogP contribution >= 0.6 is 0 Å². The van der Waals surface area contributed by atoms with Crippen LogP contribution in [0.2, 0.25) is 0 Å². The molecule has 0 fully saturated rings. The van der Waals surface area contributed by atoms with Gasteiger partial charge < -0.3 is 0 Å². The Labute approximate surface area is 121 Å². The zero-order valence-corrected chi connectivity index (χ0v) is 11.1. The minimum absolute atomic E-state index is 0.189. The standard InChI is InChI=1S/C14H9F6NO/c1-7-10(4-9(6-12(7)22)14(18,19)20)11-5-8(2-3-21-11)13(15,16)17/h2-7H,1H3. The van der Waals surface area contributed by atoms with Crippen molar-refractivity contribution in [2.24, 2.45) is 5.92 Å². The Hall–Kier alpha value is -2.12. The predicted octanol–water partition coefficient (Wildman–Crippen LogP) is 4.19. The number of allylic oxidation sites excluding steroid dienone is 4. The molecular formula is C14H9F6NO. The number of rotatable bonds is 1. The molecule has 1 unspecified atom stereocenters. The molecule has 1 heterocycles. The summed E-state index contributed by atoms with van der Waals surface area (Å²) in [6.45, 7) is 1.32. The molecule has 118 valence electrons. The van der Waals surface area contributed by atoms with E-state index in [1.807, 2.05) is 0 Å². The summed E-state index contributed by atoms with van der Waals surface area (Å²) in [6.07, 6.45) is -7.45. The van der Waals surface area contributed by atoms with Crippen molar-refractivity contribution in [2.75, 3.05) is 0 Å². The van der Waals surface area contributed by atoms with E-state index in [-0.39, 0.29) is 11.3 Å². The minimum Gasteiger partial charge on any atom is -0.294 e. The molecule has 0 saturated carbocycles. The third kappa shape index (κ3) is 3.20. The number of nitrogens with zero attached hydrogens (tertiary/aromatic N) is 1. The highest BCUT2D eigenvalue weighted by atomic mass is 19.4. The number of aromatic nitrogens is 1. The van der Waals surface area contributed by atoms with Crippen molar-refractivity contribution in [1.29, 1.82) is 0 Å². The third-order valence-corrected chi connectivity index (χ3v) is 3.21. The minimum atomic E-state index is -4.76. The molecule has 0 radical (unpaired) electrons. The van der Waals surface area contributed by atoms with E-state index in [4.69, 9.17) is 0 Å². The fraction of sp³-hybridized carbons (Fsp3) is 0.286. The van der Waals surface area contributed by atoms with Crippen molar-refractivity contribution in [2.45, 2.75) is 19.3 Å². The van der Waals surface area contributed by atoms with Crippen LogP contribution in [0.5, 0.6) is 0 Å². The molecule has 0 spiro atoms. The monoisotopic (exact) mass is 321 g/mol. The van der Waals surface area contributed by atoms with Crippen molar-refractivity contribution < 1.29 is 31.1 Å². The van der Waals surface area contributed by atoms with Crippen LogP contribution in [0.1, 0.15) is 18.2 Å². The van der Waals surface area contributed by atoms with Gasteiger partial charge in [-0.15, -0.1) is 0 Å². The van der Waals surface area contributed by atoms with Gasteiger partial charge in [-0.05, 0) is 29.9 Å². The fourth-order valence-corrected chi connectivity index (χ4v) is 1.99. The van der Waals surface area contributed by atoms with E-state index >= 15 is 0 Å². The first-order valence-corrected chi connectivity index (χ1v) is 6.08. The second kappa shape index (κ2) is 5.26. The molecule has 0 N–H and O–H groups in total. The number of ketones is 1. The molecule has 0 saturated heterocycles. The van der Waals surface area contributed by atoms with Crippen LogP contribution in [0.4, 0.5) is 26.3 Å². The first kappa shape index (κ1) is 16.3. The summed E-state index contributed by atoms with van der Waals surface area (Å²) in [7, 11) is 0. The maximum absolute atomic E-state index is 12.7. The summed E-state index contributed by atoms with van der Waals surface area (Å²) in [5.41, 5.74) is -2.73. The van der Waals surface area contributed by atoms with Gasteiger partial charge in [0.15, 0.2) is 5.78 Å². The fourth-order valence-electron chi connectivity index (χ4n) is 1.99. The molecule has 8 heteroatoms. The molecule has 2 nitrogen and oxygen atoms in total. The Morgan fingerprint density at radius 1 is 1.05 bits per heavy atom. The van der Waals surface area contributed by atoms with Crippen LogP contribution in [0, 0.1) is 5.92 Å². The van der Waals surface area contributed by atoms with E-state index in [2.05, 4.69) is 4.98 Å². The van der Waals surface area contributed by atoms with Gasteiger partial charge in [0, 0.05) is 12.1 Å². The zero-order chi connectivity index (χ0) is 16.7. The van der Waals surface area contributed by atoms with Gasteiger partial charge in [0.2, 0.25) is 0 Å². The average molecular weight is 321 g/mol. The molecule has 2 rings (SSSR count). The Morgan fingerprint density at radius 3 is 2.23 bits per heavy atom. The summed E-state index contributed by atoms with van der Waals surface area (Å²) in [4.78, 5) is 15.3. The normalized spacial score (nSPS) is 19.8. The van der Waals surface area contributed by atoms with Crippen molar-refractivity contribution in [1.82, 2.24) is 4.98 Å². The lowest BCUT2D eigenvalue weighted by molar-refractivity contribution is -0.137. The molecule has 0 aliphatic heterocycles. The van der Waals surface area contributed by atoms with Crippen LogP contribution in [-0.2, 0) is 11.0 Å². The van der Waals surface area contributed by atoms with Crippen molar-refractivity contribution in [3.05, 3.63) is 47.3 Å². The largest absolute Gasteiger partial charge is 0.416 e. The molecule has 1 aromatic heterocycles. The molecule has 1 aliphatic carbocycles. The van der Waals surface area contributed by atoms with Crippen molar-refractivity contribution in [3.63, 3.8) is 0 Å². The molecule has 22 heavy (non-hydrogen) atoms. The van der Waals surface area contributed by atoms with E-state index in [1.165, 1.54) is 6.92 Å². The Kier molecular flexibility index (Phi) is 3.88. The highest BCUT2D eigenvalue weighted by molar-refractivity contribution is 6.03. The van der Waals surface area contributed by atoms with Gasteiger partial charge in [0.1, 0.15) is 0 Å². The maximum Gasteiger partial charge on any atom is 0.416 e. The smallest absolute Gasteiger partial charge is 0.294 e. The van der Waals surface area contributed by atoms with Gasteiger partial charge in [-0.25, -0.2) is 0 Å². The average Bonchev–Trinajstić information content (AvgIpc) is 2.39. The number of hydrogen-bond acceptors (Lipinski definition) is 2. The van der Waals surface area contributed by atoms with Crippen LogP contribution in [0.3, 0.4) is 0 Å². The van der Waals surface area contributed by atoms with E-state index in [0.717, 1.165) is 6.20 Å². The second-order valence-corrected chi connectivity index (χ2v) is 4.75. The third-order valence-electron chi connectivity index (χ3n) is 3.21. The topological polar surface area (TPSA) is 30.0 Å². The lowest BCUT2D eigenvalue weighted by Crippen LogP contribution is -2.21. The number of halogens is 6. The zero-order valence-electron chi connectivity index (χ0n) is 11.1. The molecule has 1 aliphatic rings. The van der Waals surface area contributed by atoms with Gasteiger partial charge >= 0.3 is 12.4 Å². The molecule has 1 aromatic rings. The Bertz CT molecular complexity index is 669. The second-order valence-electron chi connectivity index (χ2n) is 4.75. The summed E-state index contributed by atoms with van der Waals surface area (Å²) in [6, 6.07) is 1.34. The molecular weight excluding hydrogens is 312 g/mol. The number of carbonyl (C=O) groups is 1. The lowest BCUT2D eigenvalue weighted by atomic mass is 9.86. The summed E-state index contributed by atoms with van der Waals surface area (Å²) in [5, 5.41) is 0. The Morgan fingerprint density at radius 2 is 1.68 bits per heavy atom. The number of alkyl halides is 6. The molecule has 0 bridgehead atoms. The maximum atomic E-state index is 12.7. The van der Waals surface area contributed by atoms with Crippen LogP contribution in [0.15, 0.2) is 36.1 Å². The quantitative estimate of drug-likeness (QED) is 0.726. The number of carbonyl (C=O) groups excluding carboxylic acids is 1. The number of pyridine rings is 1. The van der Waals surface area contributed by atoms with E-state index in [1.54, 1.807) is 0 Å². The summed E-state index contributed by atoms with van der Waals surface area (Å²) < 4.78 is 76.2. The molecule has 0 amide bonds. The van der Waals surface area contributed by atoms with Crippen LogP contribution < -0.4 is 0 Å². The Balaban J connectivity index is 2.53. The first-order valence-electron chi connectivity index (χ1n) is 6.08. The first-order chi connectivity index (χ1) is 10.00. The molecule has 0 aromatic carbocycles. The number of hydrogen-bond donors (Lipinski definition) is 0. The SMILES string of the molecule is CC1C(=O)C=C(C(F)(F)F)C=C1c1cc(C(F)(F)F)ccn1. The van der Waals surface area contributed by atoms with Crippen molar-refractivity contribution in [3.8, 4) is 0 Å². The van der Waals surface area contributed by atoms with E-state index in [9.17, 15) is 31.1 Å².